The van der Waals surface area contributed by atoms with E-state index in [1.165, 1.54) is 15.9 Å². The van der Waals surface area contributed by atoms with Gasteiger partial charge in [-0.15, -0.1) is 0 Å². The molecule has 5 atom stereocenters. The fourth-order valence-corrected chi connectivity index (χ4v) is 8.06. The number of benzene rings is 2. The number of likely N-dealkylation sites (tertiary alicyclic amines) is 1. The summed E-state index contributed by atoms with van der Waals surface area (Å²) < 4.78 is 0. The number of aliphatic carboxylic acids is 1. The minimum Gasteiger partial charge on any atom is -0.480 e. The molecule has 0 radical (unpaired) electrons. The van der Waals surface area contributed by atoms with Gasteiger partial charge in [0.1, 0.15) is 35.9 Å². The van der Waals surface area contributed by atoms with Gasteiger partial charge in [0.15, 0.2) is 0 Å². The van der Waals surface area contributed by atoms with Crippen LogP contribution >= 0.6 is 0 Å². The molecule has 2 aliphatic rings. The molecule has 3 heterocycles. The second-order valence-corrected chi connectivity index (χ2v) is 16.0. The van der Waals surface area contributed by atoms with Crippen LogP contribution < -0.4 is 31.9 Å². The number of amides is 5. The monoisotopic (exact) mass is 862 g/mol. The number of nitrogens with one attached hydrogen (secondary N) is 5. The van der Waals surface area contributed by atoms with Crippen LogP contribution in [0.5, 0.6) is 0 Å². The van der Waals surface area contributed by atoms with Crippen LogP contribution in [0.2, 0.25) is 0 Å². The lowest BCUT2D eigenvalue weighted by Crippen LogP contribution is -2.57. The molecule has 0 spiro atoms. The maximum Gasteiger partial charge on any atom is 0.326 e. The Hall–Kier alpha value is -6.64. The maximum atomic E-state index is 13.9. The number of unbranched alkanes of at least 4 members (excludes halogenated alkanes) is 1. The molecule has 2 aromatic carbocycles. The van der Waals surface area contributed by atoms with Gasteiger partial charge < -0.3 is 46.9 Å². The molecule has 2 saturated heterocycles. The van der Waals surface area contributed by atoms with Crippen molar-refractivity contribution in [2.75, 3.05) is 31.1 Å². The number of non-ortho nitro benzene ring substituents is 1. The third-order valence-corrected chi connectivity index (χ3v) is 11.2. The Morgan fingerprint density at radius 2 is 1.56 bits per heavy atom. The topological polar surface area (TPSA) is 305 Å². The molecule has 21 heteroatoms. The second kappa shape index (κ2) is 21.2. The number of H-pyrrole nitrogens is 1. The van der Waals surface area contributed by atoms with Crippen molar-refractivity contribution in [2.45, 2.75) is 102 Å². The number of nitrogens with zero attached hydrogens (tertiary/aromatic N) is 4. The highest BCUT2D eigenvalue weighted by Gasteiger charge is 2.39. The molecule has 2 aliphatic heterocycles. The zero-order valence-corrected chi connectivity index (χ0v) is 34.7. The highest BCUT2D eigenvalue weighted by Crippen LogP contribution is 2.36. The summed E-state index contributed by atoms with van der Waals surface area (Å²) >= 11 is 0. The van der Waals surface area contributed by atoms with E-state index in [1.54, 1.807) is 6.20 Å². The van der Waals surface area contributed by atoms with E-state index in [2.05, 4.69) is 26.3 Å². The molecule has 0 aliphatic carbocycles. The Morgan fingerprint density at radius 3 is 2.26 bits per heavy atom. The molecular formula is C41H54N10O11. The number of fused-ring (bicyclic) bond motifs is 1. The Morgan fingerprint density at radius 1 is 0.871 bits per heavy atom. The van der Waals surface area contributed by atoms with Crippen LogP contribution in [0.1, 0.15) is 70.8 Å². The highest BCUT2D eigenvalue weighted by molar-refractivity contribution is 5.96. The first-order valence-corrected chi connectivity index (χ1v) is 20.7. The van der Waals surface area contributed by atoms with E-state index >= 15 is 0 Å². The van der Waals surface area contributed by atoms with Crippen molar-refractivity contribution in [3.63, 3.8) is 0 Å². The SMILES string of the molecule is CC(C)C[C@H](NC(=O)[C@@H]1CCCN1c1ccc([N+](=O)[O-])cc1[N+](=O)[O-])C(=O)NCC(=O)N1CCC[C@H]1C(=O)N[C@@H](Cc1c[nH]c2ccccc12)C(=O)N[C@H](CCCCN)C(=O)O. The molecule has 5 amide bonds. The summed E-state index contributed by atoms with van der Waals surface area (Å²) in [4.78, 5) is 108. The van der Waals surface area contributed by atoms with Crippen LogP contribution in [0.4, 0.5) is 17.1 Å². The van der Waals surface area contributed by atoms with Crippen molar-refractivity contribution < 1.29 is 43.7 Å². The van der Waals surface area contributed by atoms with Crippen molar-refractivity contribution in [1.82, 2.24) is 31.2 Å². The van der Waals surface area contributed by atoms with Gasteiger partial charge in [-0.05, 0) is 81.5 Å². The summed E-state index contributed by atoms with van der Waals surface area (Å²) in [7, 11) is 0. The number of carbonyl (C=O) groups is 6. The average Bonchev–Trinajstić information content (AvgIpc) is 4.02. The highest BCUT2D eigenvalue weighted by atomic mass is 16.6. The van der Waals surface area contributed by atoms with E-state index < -0.39 is 93.5 Å². The first-order valence-electron chi connectivity index (χ1n) is 20.7. The van der Waals surface area contributed by atoms with Crippen molar-refractivity contribution in [2.24, 2.45) is 11.7 Å². The number of anilines is 1. The van der Waals surface area contributed by atoms with Gasteiger partial charge in [-0.1, -0.05) is 32.0 Å². The van der Waals surface area contributed by atoms with Crippen LogP contribution in [-0.4, -0.2) is 117 Å². The summed E-state index contributed by atoms with van der Waals surface area (Å²) in [6.07, 6.45) is 4.57. The fourth-order valence-electron chi connectivity index (χ4n) is 8.06. The number of para-hydroxylation sites is 1. The van der Waals surface area contributed by atoms with Gasteiger partial charge in [0.25, 0.3) is 11.4 Å². The average molecular weight is 863 g/mol. The number of rotatable bonds is 21. The molecular weight excluding hydrogens is 809 g/mol. The lowest BCUT2D eigenvalue weighted by Gasteiger charge is -2.29. The van der Waals surface area contributed by atoms with E-state index in [0.717, 1.165) is 23.0 Å². The standard InChI is InChI=1S/C41H54N10O11/c1-24(2)19-30(46-39(55)33-12-7-17-48(33)32-15-14-26(50(59)60)21-35(32)51(61)62)37(53)44-23-36(52)49-18-8-13-34(49)40(56)47-31(20-25-22-43-28-10-4-3-9-27(25)28)38(54)45-29(41(57)58)11-5-6-16-42/h3-4,9-10,14-15,21-22,24,29-31,33-34,43H,5-8,11-13,16-20,23,42H2,1-2H3,(H,44,53)(H,45,54)(H,46,55)(H,47,56)(H,57,58)/t29-,30+,31+,33+,34+/m1/s1. The zero-order chi connectivity index (χ0) is 45.1. The summed E-state index contributed by atoms with van der Waals surface area (Å²) in [5.41, 5.74) is 6.11. The fraction of sp³-hybridized carbons (Fsp3) is 0.512. The van der Waals surface area contributed by atoms with Crippen LogP contribution in [0.3, 0.4) is 0 Å². The molecule has 1 aromatic heterocycles. The van der Waals surface area contributed by atoms with Crippen molar-refractivity contribution in [3.8, 4) is 0 Å². The number of carbonyl (C=O) groups excluding carboxylic acids is 5. The van der Waals surface area contributed by atoms with Crippen LogP contribution in [0.25, 0.3) is 10.9 Å². The van der Waals surface area contributed by atoms with Gasteiger partial charge in [-0.2, -0.15) is 0 Å². The van der Waals surface area contributed by atoms with E-state index in [1.807, 2.05) is 38.1 Å². The quantitative estimate of drug-likeness (QED) is 0.0459. The number of hydrogen-bond donors (Lipinski definition) is 7. The lowest BCUT2D eigenvalue weighted by atomic mass is 10.0. The van der Waals surface area contributed by atoms with E-state index in [0.29, 0.717) is 44.2 Å². The van der Waals surface area contributed by atoms with Gasteiger partial charge >= 0.3 is 5.97 Å². The molecule has 3 aromatic rings. The third kappa shape index (κ3) is 11.6. The number of nitrogens with two attached hydrogens (primary N) is 1. The summed E-state index contributed by atoms with van der Waals surface area (Å²) in [5, 5.41) is 44.5. The number of nitro groups is 2. The third-order valence-electron chi connectivity index (χ3n) is 11.2. The Labute approximate surface area is 356 Å². The predicted octanol–water partition coefficient (Wildman–Crippen LogP) is 2.02. The Balaban J connectivity index is 1.25. The molecule has 21 nitrogen and oxygen atoms in total. The molecule has 8 N–H and O–H groups in total. The van der Waals surface area contributed by atoms with E-state index in [4.69, 9.17) is 5.73 Å². The summed E-state index contributed by atoms with van der Waals surface area (Å²) in [6.45, 7) is 3.96. The van der Waals surface area contributed by atoms with Gasteiger partial charge in [0.2, 0.25) is 29.5 Å². The maximum absolute atomic E-state index is 13.9. The second-order valence-electron chi connectivity index (χ2n) is 16.0. The largest absolute Gasteiger partial charge is 0.480 e. The number of aromatic nitrogens is 1. The number of carboxylic acids is 1. The van der Waals surface area contributed by atoms with Gasteiger partial charge in [-0.25, -0.2) is 4.79 Å². The minimum atomic E-state index is -1.23. The number of aromatic amines is 1. The number of hydrogen-bond acceptors (Lipinski definition) is 12. The molecule has 0 bridgehead atoms. The molecule has 62 heavy (non-hydrogen) atoms. The van der Waals surface area contributed by atoms with Crippen LogP contribution in [0, 0.1) is 26.1 Å². The van der Waals surface area contributed by atoms with Crippen molar-refractivity contribution >= 4 is 63.5 Å². The predicted molar refractivity (Wildman–Crippen MR) is 226 cm³/mol. The first kappa shape index (κ1) is 46.4. The lowest BCUT2D eigenvalue weighted by molar-refractivity contribution is -0.393. The summed E-state index contributed by atoms with van der Waals surface area (Å²) in [5.74, 6) is -4.49. The number of carboxylic acid groups (broad SMARTS) is 1. The normalized spacial score (nSPS) is 17.6. The summed E-state index contributed by atoms with van der Waals surface area (Å²) in [6, 6.07) is 5.13. The minimum absolute atomic E-state index is 0.0137. The van der Waals surface area contributed by atoms with Crippen molar-refractivity contribution in [3.05, 3.63) is 74.5 Å². The van der Waals surface area contributed by atoms with Crippen LogP contribution in [0.15, 0.2) is 48.7 Å². The molecule has 5 rings (SSSR count). The molecule has 0 unspecified atom stereocenters. The zero-order valence-electron chi connectivity index (χ0n) is 34.7. The van der Waals surface area contributed by atoms with Gasteiger partial charge in [-0.3, -0.25) is 44.2 Å². The van der Waals surface area contributed by atoms with Crippen LogP contribution in [-0.2, 0) is 35.2 Å². The first-order chi connectivity index (χ1) is 29.6. The Bertz CT molecular complexity index is 2160. The van der Waals surface area contributed by atoms with Gasteiger partial charge in [0, 0.05) is 42.7 Å². The van der Waals surface area contributed by atoms with E-state index in [-0.39, 0.29) is 50.4 Å². The van der Waals surface area contributed by atoms with E-state index in [9.17, 15) is 54.1 Å². The smallest absolute Gasteiger partial charge is 0.326 e. The molecule has 2 fully saturated rings. The Kier molecular flexibility index (Phi) is 15.9. The molecule has 334 valence electrons. The number of nitro benzene ring substituents is 2. The molecule has 0 saturated carbocycles. The van der Waals surface area contributed by atoms with Gasteiger partial charge in [0.05, 0.1) is 22.5 Å². The van der Waals surface area contributed by atoms with Crippen molar-refractivity contribution in [1.29, 1.82) is 0 Å².